The van der Waals surface area contributed by atoms with Crippen molar-refractivity contribution in [1.29, 1.82) is 10.5 Å². The van der Waals surface area contributed by atoms with Crippen molar-refractivity contribution in [2.75, 3.05) is 49.1 Å². The Balaban J connectivity index is 0.853. The van der Waals surface area contributed by atoms with Gasteiger partial charge in [-0.05, 0) is 97.7 Å². The molecule has 20 heteroatoms. The molecule has 0 saturated carbocycles. The summed E-state index contributed by atoms with van der Waals surface area (Å²) in [4.78, 5) is 34.2. The first kappa shape index (κ1) is 47.1. The van der Waals surface area contributed by atoms with Gasteiger partial charge in [0.1, 0.15) is 0 Å². The van der Waals surface area contributed by atoms with E-state index in [1.807, 2.05) is 12.1 Å². The first-order valence-corrected chi connectivity index (χ1v) is 22.4. The van der Waals surface area contributed by atoms with Gasteiger partial charge >= 0.3 is 24.4 Å². The fraction of sp³-hybridized carbons (Fsp3) is 0.280. The van der Waals surface area contributed by atoms with Gasteiger partial charge in [0.05, 0.1) is 80.4 Å². The summed E-state index contributed by atoms with van der Waals surface area (Å²) in [6, 6.07) is 22.7. The van der Waals surface area contributed by atoms with Crippen molar-refractivity contribution in [2.24, 2.45) is 0 Å². The van der Waals surface area contributed by atoms with Gasteiger partial charge < -0.3 is 39.8 Å². The molecule has 0 bridgehead atoms. The summed E-state index contributed by atoms with van der Waals surface area (Å²) in [5.74, 6) is -0.312. The first-order chi connectivity index (χ1) is 33.5. The van der Waals surface area contributed by atoms with Gasteiger partial charge in [0.2, 0.25) is 0 Å². The van der Waals surface area contributed by atoms with Gasteiger partial charge in [-0.3, -0.25) is 9.80 Å². The smallest absolute Gasteiger partial charge is 0.416 e. The number of carbonyl (C=O) groups excluding carboxylic acids is 2. The number of piperazine rings is 1. The van der Waals surface area contributed by atoms with E-state index >= 15 is 0 Å². The lowest BCUT2D eigenvalue weighted by atomic mass is 9.96. The van der Waals surface area contributed by atoms with Gasteiger partial charge in [0, 0.05) is 51.7 Å². The maximum atomic E-state index is 13.8. The van der Waals surface area contributed by atoms with Crippen LogP contribution in [-0.2, 0) is 25.4 Å². The molecule has 5 heterocycles. The number of urea groups is 2. The third-order valence-electron chi connectivity index (χ3n) is 13.0. The number of nitrogens with one attached hydrogen (secondary N) is 2. The Morgan fingerprint density at radius 2 is 0.929 bits per heavy atom. The molecule has 0 spiro atoms. The summed E-state index contributed by atoms with van der Waals surface area (Å²) in [6.07, 6.45) is -5.00. The van der Waals surface area contributed by atoms with Gasteiger partial charge in [-0.1, -0.05) is 36.4 Å². The van der Waals surface area contributed by atoms with Crippen LogP contribution in [0.1, 0.15) is 69.4 Å². The van der Waals surface area contributed by atoms with E-state index in [-0.39, 0.29) is 34.5 Å². The van der Waals surface area contributed by atoms with Crippen LogP contribution in [0, 0.1) is 22.7 Å². The van der Waals surface area contributed by atoms with Crippen LogP contribution >= 0.6 is 0 Å². The zero-order chi connectivity index (χ0) is 49.5. The maximum absolute atomic E-state index is 13.8. The number of hydrogen-bond acceptors (Lipinski definition) is 8. The van der Waals surface area contributed by atoms with E-state index in [1.165, 1.54) is 24.3 Å². The Morgan fingerprint density at radius 3 is 1.27 bits per heavy atom. The second-order valence-electron chi connectivity index (χ2n) is 17.3. The van der Waals surface area contributed by atoms with Crippen LogP contribution < -0.4 is 20.4 Å². The van der Waals surface area contributed by atoms with Crippen molar-refractivity contribution < 1.29 is 46.1 Å². The minimum Gasteiger partial charge on any atom is -0.494 e. The number of carbonyl (C=O) groups is 2. The number of fused-ring (bicyclic) bond motifs is 2. The standard InChI is InChI=1S/C50H44F6N10O4/c51-49(52,53)35-5-1-7-37(25-35)65-39-29-63(45(67)41(39)43(59-47(65)69)33-13-9-31(27-57)10-14-33)19-3-17-61-21-23-62(24-22-61)18-4-20-64-30-40-42(46(64)68)44(34-15-11-32(28-58)12-16-34)60-48(70)66(40)38-8-2-6-36(26-38)50(54,55)56/h1-2,5-16,25-26,29-30,43-44,67-68H,3-4,17-24H2,(H,59,69)(H,60,70)/t43-,44-/m1/s1. The highest BCUT2D eigenvalue weighted by atomic mass is 19.4. The molecule has 70 heavy (non-hydrogen) atoms. The molecule has 2 atom stereocenters. The predicted octanol–water partition coefficient (Wildman–Crippen LogP) is 9.48. The number of aryl methyl sites for hydroxylation is 2. The molecule has 4 aromatic carbocycles. The quantitative estimate of drug-likeness (QED) is 0.0880. The van der Waals surface area contributed by atoms with Gasteiger partial charge in [-0.2, -0.15) is 36.9 Å². The third kappa shape index (κ3) is 9.30. The molecule has 1 fully saturated rings. The number of anilines is 4. The van der Waals surface area contributed by atoms with Crippen LogP contribution in [0.5, 0.6) is 11.8 Å². The summed E-state index contributed by atoms with van der Waals surface area (Å²) in [7, 11) is 0. The molecular formula is C50H44F6N10O4. The third-order valence-corrected chi connectivity index (χ3v) is 13.0. The molecule has 3 aliphatic rings. The minimum atomic E-state index is -4.66. The van der Waals surface area contributed by atoms with E-state index in [0.717, 1.165) is 60.2 Å². The summed E-state index contributed by atoms with van der Waals surface area (Å²) in [5, 5.41) is 47.7. The number of aromatic hydroxyl groups is 2. The Bertz CT molecular complexity index is 2820. The number of nitriles is 2. The van der Waals surface area contributed by atoms with Crippen molar-refractivity contribution in [3.8, 4) is 23.9 Å². The highest BCUT2D eigenvalue weighted by Crippen LogP contribution is 2.48. The predicted molar refractivity (Wildman–Crippen MR) is 245 cm³/mol. The number of aromatic nitrogens is 2. The highest BCUT2D eigenvalue weighted by Gasteiger charge is 2.41. The summed E-state index contributed by atoms with van der Waals surface area (Å²) in [5.41, 5.74) is 1.01. The van der Waals surface area contributed by atoms with Crippen molar-refractivity contribution in [2.45, 2.75) is 50.4 Å². The lowest BCUT2D eigenvalue weighted by molar-refractivity contribution is -0.138. The summed E-state index contributed by atoms with van der Waals surface area (Å²) >= 11 is 0. The van der Waals surface area contributed by atoms with Crippen LogP contribution in [0.3, 0.4) is 0 Å². The molecule has 0 aliphatic carbocycles. The molecule has 3 aliphatic heterocycles. The van der Waals surface area contributed by atoms with Gasteiger partial charge in [-0.25, -0.2) is 9.59 Å². The van der Waals surface area contributed by atoms with Gasteiger partial charge in [0.25, 0.3) is 0 Å². The summed E-state index contributed by atoms with van der Waals surface area (Å²) in [6.45, 7) is 4.87. The van der Waals surface area contributed by atoms with E-state index in [1.54, 1.807) is 70.1 Å². The Labute approximate surface area is 397 Å². The number of nitrogens with zero attached hydrogens (tertiary/aromatic N) is 8. The first-order valence-electron chi connectivity index (χ1n) is 22.4. The Hall–Kier alpha value is -7.94. The minimum absolute atomic E-state index is 0.0334. The molecule has 2 aromatic heterocycles. The Kier molecular flexibility index (Phi) is 12.7. The average Bonchev–Trinajstić information content (AvgIpc) is 3.85. The molecule has 0 unspecified atom stereocenters. The number of alkyl halides is 6. The lowest BCUT2D eigenvalue weighted by Crippen LogP contribution is -2.46. The van der Waals surface area contributed by atoms with Gasteiger partial charge in [-0.15, -0.1) is 0 Å². The van der Waals surface area contributed by atoms with Crippen LogP contribution in [-0.4, -0.2) is 80.5 Å². The number of halogens is 6. The van der Waals surface area contributed by atoms with Crippen LogP contribution in [0.25, 0.3) is 0 Å². The van der Waals surface area contributed by atoms with Crippen LogP contribution in [0.4, 0.5) is 58.7 Å². The molecule has 1 saturated heterocycles. The summed E-state index contributed by atoms with van der Waals surface area (Å²) < 4.78 is 85.7. The largest absolute Gasteiger partial charge is 0.494 e. The van der Waals surface area contributed by atoms with Crippen molar-refractivity contribution in [1.82, 2.24) is 29.6 Å². The molecule has 4 amide bonds. The molecule has 4 N–H and O–H groups in total. The molecule has 9 rings (SSSR count). The monoisotopic (exact) mass is 962 g/mol. The average molecular weight is 963 g/mol. The highest BCUT2D eigenvalue weighted by molar-refractivity contribution is 6.04. The lowest BCUT2D eigenvalue weighted by Gasteiger charge is -2.34. The van der Waals surface area contributed by atoms with Crippen molar-refractivity contribution in [3.05, 3.63) is 154 Å². The zero-order valence-electron chi connectivity index (χ0n) is 37.2. The van der Waals surface area contributed by atoms with Crippen molar-refractivity contribution in [3.63, 3.8) is 0 Å². The van der Waals surface area contributed by atoms with E-state index in [2.05, 4.69) is 20.4 Å². The number of benzene rings is 4. The molecular weight excluding hydrogens is 919 g/mol. The molecule has 0 radical (unpaired) electrons. The zero-order valence-corrected chi connectivity index (χ0v) is 37.2. The number of rotatable bonds is 12. The SMILES string of the molecule is N#Cc1ccc([C@H]2NC(=O)N(c3cccc(C(F)(F)F)c3)c3cn(CCCN4CCN(CCCn5cc6c(c5O)[C@@H](c5ccc(C#N)cc5)NC(=O)N6c5cccc(C(F)(F)F)c5)CC4)c(O)c32)cc1. The normalized spacial score (nSPS) is 17.6. The van der Waals surface area contributed by atoms with E-state index in [9.17, 15) is 56.7 Å². The van der Waals surface area contributed by atoms with Crippen molar-refractivity contribution >= 4 is 34.8 Å². The topological polar surface area (TPSA) is 169 Å². The van der Waals surface area contributed by atoms with Crippen LogP contribution in [0.2, 0.25) is 0 Å². The fourth-order valence-electron chi connectivity index (χ4n) is 9.41. The van der Waals surface area contributed by atoms with E-state index in [4.69, 9.17) is 0 Å². The number of hydrogen-bond donors (Lipinski definition) is 4. The Morgan fingerprint density at radius 1 is 0.557 bits per heavy atom. The van der Waals surface area contributed by atoms with E-state index < -0.39 is 47.6 Å². The van der Waals surface area contributed by atoms with Gasteiger partial charge in [0.15, 0.2) is 11.8 Å². The molecule has 360 valence electrons. The second kappa shape index (κ2) is 18.9. The second-order valence-corrected chi connectivity index (χ2v) is 17.3. The molecule has 6 aromatic rings. The molecule has 14 nitrogen and oxygen atoms in total. The number of amides is 4. The maximum Gasteiger partial charge on any atom is 0.416 e. The fourth-order valence-corrected chi connectivity index (χ4v) is 9.41. The van der Waals surface area contributed by atoms with E-state index in [0.29, 0.717) is 72.4 Å². The van der Waals surface area contributed by atoms with Crippen LogP contribution in [0.15, 0.2) is 109 Å².